The fraction of sp³-hybridized carbons (Fsp3) is 0.310. The van der Waals surface area contributed by atoms with Crippen molar-refractivity contribution in [3.05, 3.63) is 101 Å². The molecular formula is C29H31NO5. The first-order valence-electron chi connectivity index (χ1n) is 11.9. The average molecular weight is 474 g/mol. The number of amides is 1. The molecule has 0 spiro atoms. The van der Waals surface area contributed by atoms with Gasteiger partial charge in [-0.25, -0.2) is 4.79 Å². The molecule has 4 rings (SSSR count). The maximum Gasteiger partial charge on any atom is 0.337 e. The van der Waals surface area contributed by atoms with Crippen LogP contribution in [0.25, 0.3) is 0 Å². The van der Waals surface area contributed by atoms with Gasteiger partial charge in [0, 0.05) is 13.2 Å². The lowest BCUT2D eigenvalue weighted by Crippen LogP contribution is -2.48. The van der Waals surface area contributed by atoms with Crippen LogP contribution in [0.5, 0.6) is 5.75 Å². The highest BCUT2D eigenvalue weighted by Crippen LogP contribution is 2.37. The van der Waals surface area contributed by atoms with Gasteiger partial charge < -0.3 is 19.5 Å². The van der Waals surface area contributed by atoms with Crippen LogP contribution in [0, 0.1) is 0 Å². The van der Waals surface area contributed by atoms with E-state index in [4.69, 9.17) is 14.2 Å². The number of carbonyl (C=O) groups excluding carboxylic acids is 2. The Kier molecular flexibility index (Phi) is 7.83. The summed E-state index contributed by atoms with van der Waals surface area (Å²) in [6.45, 7) is 3.49. The van der Waals surface area contributed by atoms with E-state index in [0.717, 1.165) is 22.4 Å². The molecule has 1 N–H and O–H groups in total. The van der Waals surface area contributed by atoms with Gasteiger partial charge >= 0.3 is 5.97 Å². The Morgan fingerprint density at radius 2 is 1.60 bits per heavy atom. The Hall–Kier alpha value is -3.64. The maximum atomic E-state index is 13.6. The normalized spacial score (nSPS) is 15.6. The number of benzene rings is 3. The maximum absolute atomic E-state index is 13.6. The van der Waals surface area contributed by atoms with E-state index in [1.54, 1.807) is 12.1 Å². The third-order valence-corrected chi connectivity index (χ3v) is 6.62. The van der Waals surface area contributed by atoms with Crippen molar-refractivity contribution in [1.82, 2.24) is 5.32 Å². The molecule has 182 valence electrons. The summed E-state index contributed by atoms with van der Waals surface area (Å²) in [7, 11) is 1.36. The molecule has 1 heterocycles. The van der Waals surface area contributed by atoms with Crippen LogP contribution in [-0.2, 0) is 26.3 Å². The second-order valence-corrected chi connectivity index (χ2v) is 8.80. The van der Waals surface area contributed by atoms with E-state index in [1.807, 2.05) is 73.7 Å². The number of hydrogen-bond acceptors (Lipinski definition) is 5. The summed E-state index contributed by atoms with van der Waals surface area (Å²) < 4.78 is 16.3. The number of hydrogen-bond donors (Lipinski definition) is 1. The van der Waals surface area contributed by atoms with Crippen LogP contribution in [0.15, 0.2) is 78.9 Å². The molecule has 0 aliphatic carbocycles. The third kappa shape index (κ3) is 5.72. The van der Waals surface area contributed by atoms with Gasteiger partial charge in [-0.3, -0.25) is 4.79 Å². The second-order valence-electron chi connectivity index (χ2n) is 8.80. The summed E-state index contributed by atoms with van der Waals surface area (Å²) in [5, 5.41) is 3.19. The molecule has 1 amide bonds. The van der Waals surface area contributed by atoms with Gasteiger partial charge in [0.05, 0.1) is 24.1 Å². The van der Waals surface area contributed by atoms with Gasteiger partial charge in [0.25, 0.3) is 0 Å². The molecule has 1 aliphatic rings. The average Bonchev–Trinajstić information content (AvgIpc) is 2.92. The molecule has 1 atom stereocenters. The molecule has 6 heteroatoms. The van der Waals surface area contributed by atoms with Crippen LogP contribution in [0.2, 0.25) is 0 Å². The number of nitrogens with one attached hydrogen (secondary N) is 1. The van der Waals surface area contributed by atoms with Crippen molar-refractivity contribution in [1.29, 1.82) is 0 Å². The monoisotopic (exact) mass is 473 g/mol. The highest BCUT2D eigenvalue weighted by atomic mass is 16.5. The fourth-order valence-electron chi connectivity index (χ4n) is 4.42. The van der Waals surface area contributed by atoms with E-state index in [1.165, 1.54) is 7.11 Å². The van der Waals surface area contributed by atoms with Crippen molar-refractivity contribution in [2.24, 2.45) is 0 Å². The SMILES string of the molecule is COC(=O)c1ccc(C(C)NC(=O)C2(c3ccc(OCc4ccccc4)cc3)CCOCC2)cc1. The van der Waals surface area contributed by atoms with E-state index < -0.39 is 5.41 Å². The molecular weight excluding hydrogens is 442 g/mol. The minimum absolute atomic E-state index is 0.0247. The minimum atomic E-state index is -0.670. The Morgan fingerprint density at radius 3 is 2.23 bits per heavy atom. The molecule has 1 aliphatic heterocycles. The molecule has 35 heavy (non-hydrogen) atoms. The van der Waals surface area contributed by atoms with Crippen LogP contribution in [0.1, 0.15) is 52.9 Å². The molecule has 6 nitrogen and oxygen atoms in total. The fourth-order valence-corrected chi connectivity index (χ4v) is 4.42. The molecule has 0 bridgehead atoms. The molecule has 1 saturated heterocycles. The first-order chi connectivity index (χ1) is 17.0. The van der Waals surface area contributed by atoms with E-state index >= 15 is 0 Å². The van der Waals surface area contributed by atoms with Crippen LogP contribution < -0.4 is 10.1 Å². The van der Waals surface area contributed by atoms with Crippen LogP contribution in [0.4, 0.5) is 0 Å². The number of rotatable bonds is 8. The zero-order valence-corrected chi connectivity index (χ0v) is 20.2. The summed E-state index contributed by atoms with van der Waals surface area (Å²) in [6, 6.07) is 24.7. The molecule has 1 fully saturated rings. The predicted molar refractivity (Wildman–Crippen MR) is 133 cm³/mol. The van der Waals surface area contributed by atoms with Crippen molar-refractivity contribution < 1.29 is 23.8 Å². The number of esters is 1. The summed E-state index contributed by atoms with van der Waals surface area (Å²) in [4.78, 5) is 25.4. The van der Waals surface area contributed by atoms with Gasteiger partial charge in [-0.1, -0.05) is 54.6 Å². The van der Waals surface area contributed by atoms with Crippen molar-refractivity contribution in [3.8, 4) is 5.75 Å². The van der Waals surface area contributed by atoms with Crippen LogP contribution in [0.3, 0.4) is 0 Å². The van der Waals surface area contributed by atoms with E-state index in [2.05, 4.69) is 5.32 Å². The van der Waals surface area contributed by atoms with Gasteiger partial charge in [0.1, 0.15) is 12.4 Å². The molecule has 3 aromatic carbocycles. The lowest BCUT2D eigenvalue weighted by Gasteiger charge is -2.37. The summed E-state index contributed by atoms with van der Waals surface area (Å²) >= 11 is 0. The lowest BCUT2D eigenvalue weighted by atomic mass is 9.73. The molecule has 0 radical (unpaired) electrons. The van der Waals surface area contributed by atoms with E-state index in [9.17, 15) is 9.59 Å². The van der Waals surface area contributed by atoms with Crippen LogP contribution >= 0.6 is 0 Å². The quantitative estimate of drug-likeness (QED) is 0.467. The van der Waals surface area contributed by atoms with Crippen LogP contribution in [-0.4, -0.2) is 32.2 Å². The Balaban J connectivity index is 1.47. The summed E-state index contributed by atoms with van der Waals surface area (Å²) in [5.41, 5.74) is 2.78. The van der Waals surface area contributed by atoms with Gasteiger partial charge in [-0.2, -0.15) is 0 Å². The van der Waals surface area contributed by atoms with Crippen molar-refractivity contribution in [2.45, 2.75) is 37.8 Å². The zero-order valence-electron chi connectivity index (χ0n) is 20.2. The minimum Gasteiger partial charge on any atom is -0.489 e. The number of carbonyl (C=O) groups is 2. The smallest absolute Gasteiger partial charge is 0.337 e. The molecule has 0 aromatic heterocycles. The number of ether oxygens (including phenoxy) is 3. The van der Waals surface area contributed by atoms with Gasteiger partial charge in [-0.15, -0.1) is 0 Å². The van der Waals surface area contributed by atoms with Crippen molar-refractivity contribution in [2.75, 3.05) is 20.3 Å². The topological polar surface area (TPSA) is 73.9 Å². The lowest BCUT2D eigenvalue weighted by molar-refractivity contribution is -0.131. The van der Waals surface area contributed by atoms with Crippen molar-refractivity contribution >= 4 is 11.9 Å². The Labute approximate surface area is 206 Å². The molecule has 3 aromatic rings. The first-order valence-corrected chi connectivity index (χ1v) is 11.9. The largest absolute Gasteiger partial charge is 0.489 e. The Morgan fingerprint density at radius 1 is 0.943 bits per heavy atom. The first kappa shape index (κ1) is 24.5. The summed E-state index contributed by atoms with van der Waals surface area (Å²) in [5.74, 6) is 0.355. The standard InChI is InChI=1S/C29H31NO5/c1-21(23-8-10-24(11-9-23)27(31)33-2)30-28(32)29(16-18-34-19-17-29)25-12-14-26(15-13-25)35-20-22-6-4-3-5-7-22/h3-15,21H,16-20H2,1-2H3,(H,30,32). The zero-order chi connectivity index (χ0) is 24.7. The molecule has 1 unspecified atom stereocenters. The van der Waals surface area contributed by atoms with E-state index in [0.29, 0.717) is 38.2 Å². The number of methoxy groups -OCH3 is 1. The van der Waals surface area contributed by atoms with Gasteiger partial charge in [-0.05, 0) is 60.7 Å². The molecule has 0 saturated carbocycles. The Bertz CT molecular complexity index is 1120. The van der Waals surface area contributed by atoms with E-state index in [-0.39, 0.29) is 17.9 Å². The third-order valence-electron chi connectivity index (χ3n) is 6.62. The highest BCUT2D eigenvalue weighted by Gasteiger charge is 2.42. The predicted octanol–water partition coefficient (Wildman–Crippen LogP) is 4.98. The second kappa shape index (κ2) is 11.2. The highest BCUT2D eigenvalue weighted by molar-refractivity contribution is 5.90. The summed E-state index contributed by atoms with van der Waals surface area (Å²) in [6.07, 6.45) is 1.22. The van der Waals surface area contributed by atoms with Gasteiger partial charge in [0.2, 0.25) is 5.91 Å². The van der Waals surface area contributed by atoms with Gasteiger partial charge in [0.15, 0.2) is 0 Å². The van der Waals surface area contributed by atoms with Crippen molar-refractivity contribution in [3.63, 3.8) is 0 Å².